The Labute approximate surface area is 232 Å². The first-order valence-electron chi connectivity index (χ1n) is 13.6. The number of nitrogens with zero attached hydrogens (tertiary/aromatic N) is 1. The molecule has 0 saturated heterocycles. The van der Waals surface area contributed by atoms with Gasteiger partial charge in [-0.15, -0.1) is 0 Å². The molecular formula is C35H36N2O2. The Balaban J connectivity index is 1.67. The molecule has 2 unspecified atom stereocenters. The number of hydrogen-bond donors (Lipinski definition) is 1. The van der Waals surface area contributed by atoms with Crippen LogP contribution in [0, 0.1) is 13.8 Å². The fourth-order valence-corrected chi connectivity index (χ4v) is 5.45. The summed E-state index contributed by atoms with van der Waals surface area (Å²) in [7, 11) is 1.48. The SMILES string of the molecule is COC(=O)C1=C(NCc2ccccc2)CC(c2ccc(C)cc2)N(Cc2ccccc2)C1c1ccc(C)cc1. The summed E-state index contributed by atoms with van der Waals surface area (Å²) < 4.78 is 5.44. The van der Waals surface area contributed by atoms with Crippen LogP contribution in [0.5, 0.6) is 0 Å². The van der Waals surface area contributed by atoms with Crippen LogP contribution in [-0.2, 0) is 22.6 Å². The Morgan fingerprint density at radius 3 is 1.87 bits per heavy atom. The number of aryl methyl sites for hydroxylation is 2. The third kappa shape index (κ3) is 6.13. The number of ether oxygens (including phenoxy) is 1. The van der Waals surface area contributed by atoms with E-state index in [-0.39, 0.29) is 18.1 Å². The number of nitrogens with one attached hydrogen (secondary N) is 1. The summed E-state index contributed by atoms with van der Waals surface area (Å²) in [4.78, 5) is 16.0. The van der Waals surface area contributed by atoms with Crippen LogP contribution < -0.4 is 5.32 Å². The molecule has 1 aliphatic heterocycles. The fraction of sp³-hybridized carbons (Fsp3) is 0.229. The van der Waals surface area contributed by atoms with Crippen molar-refractivity contribution in [2.24, 2.45) is 0 Å². The van der Waals surface area contributed by atoms with Gasteiger partial charge in [-0.3, -0.25) is 4.90 Å². The van der Waals surface area contributed by atoms with E-state index in [2.05, 4.69) is 109 Å². The van der Waals surface area contributed by atoms with Crippen LogP contribution >= 0.6 is 0 Å². The van der Waals surface area contributed by atoms with Crippen molar-refractivity contribution in [3.8, 4) is 0 Å². The van der Waals surface area contributed by atoms with Gasteiger partial charge in [0.2, 0.25) is 0 Å². The zero-order chi connectivity index (χ0) is 27.2. The van der Waals surface area contributed by atoms with Gasteiger partial charge in [-0.05, 0) is 36.1 Å². The fourth-order valence-electron chi connectivity index (χ4n) is 5.45. The van der Waals surface area contributed by atoms with E-state index in [0.29, 0.717) is 25.1 Å². The van der Waals surface area contributed by atoms with Crippen molar-refractivity contribution in [2.75, 3.05) is 7.11 Å². The van der Waals surface area contributed by atoms with Crippen molar-refractivity contribution >= 4 is 5.97 Å². The van der Waals surface area contributed by atoms with Crippen molar-refractivity contribution in [2.45, 2.75) is 45.4 Å². The Morgan fingerprint density at radius 1 is 0.769 bits per heavy atom. The van der Waals surface area contributed by atoms with Gasteiger partial charge < -0.3 is 10.1 Å². The molecule has 4 nitrogen and oxygen atoms in total. The standard InChI is InChI=1S/C35H36N2O2/c1-25-14-18-29(19-15-25)32-22-31(36-23-27-10-6-4-7-11-27)33(35(38)39-3)34(30-20-16-26(2)17-21-30)37(32)24-28-12-8-5-9-13-28/h4-21,32,34,36H,22-24H2,1-3H3. The highest BCUT2D eigenvalue weighted by molar-refractivity contribution is 5.91. The lowest BCUT2D eigenvalue weighted by Gasteiger charge is -2.44. The van der Waals surface area contributed by atoms with E-state index in [0.717, 1.165) is 11.3 Å². The van der Waals surface area contributed by atoms with E-state index < -0.39 is 0 Å². The molecule has 0 aliphatic carbocycles. The van der Waals surface area contributed by atoms with Crippen molar-refractivity contribution in [3.63, 3.8) is 0 Å². The molecular weight excluding hydrogens is 480 g/mol. The molecule has 0 saturated carbocycles. The van der Waals surface area contributed by atoms with Crippen molar-refractivity contribution in [3.05, 3.63) is 154 Å². The highest BCUT2D eigenvalue weighted by atomic mass is 16.5. The van der Waals surface area contributed by atoms with Gasteiger partial charge in [0.05, 0.1) is 18.7 Å². The molecule has 198 valence electrons. The first-order valence-corrected chi connectivity index (χ1v) is 13.6. The maximum atomic E-state index is 13.6. The van der Waals surface area contributed by atoms with Gasteiger partial charge in [0.15, 0.2) is 0 Å². The minimum absolute atomic E-state index is 0.0591. The van der Waals surface area contributed by atoms with Gasteiger partial charge >= 0.3 is 5.97 Å². The number of benzene rings is 4. The van der Waals surface area contributed by atoms with Crippen LogP contribution in [0.1, 0.15) is 51.9 Å². The van der Waals surface area contributed by atoms with Crippen LogP contribution in [0.4, 0.5) is 0 Å². The predicted molar refractivity (Wildman–Crippen MR) is 157 cm³/mol. The number of rotatable bonds is 8. The Bertz CT molecular complexity index is 1410. The summed E-state index contributed by atoms with van der Waals surface area (Å²) in [5.74, 6) is -0.295. The normalized spacial score (nSPS) is 17.6. The van der Waals surface area contributed by atoms with Crippen LogP contribution in [0.2, 0.25) is 0 Å². The number of carbonyl (C=O) groups excluding carboxylic acids is 1. The zero-order valence-corrected chi connectivity index (χ0v) is 22.9. The van der Waals surface area contributed by atoms with Gasteiger partial charge in [0.25, 0.3) is 0 Å². The molecule has 0 aromatic heterocycles. The predicted octanol–water partition coefficient (Wildman–Crippen LogP) is 7.21. The average molecular weight is 517 g/mol. The minimum Gasteiger partial charge on any atom is -0.466 e. The van der Waals surface area contributed by atoms with Crippen molar-refractivity contribution in [1.29, 1.82) is 0 Å². The van der Waals surface area contributed by atoms with E-state index in [1.807, 2.05) is 24.3 Å². The highest BCUT2D eigenvalue weighted by Crippen LogP contribution is 2.45. The molecule has 39 heavy (non-hydrogen) atoms. The van der Waals surface area contributed by atoms with E-state index in [4.69, 9.17) is 4.74 Å². The van der Waals surface area contributed by atoms with E-state index in [1.165, 1.54) is 34.9 Å². The lowest BCUT2D eigenvalue weighted by Crippen LogP contribution is -2.42. The quantitative estimate of drug-likeness (QED) is 0.251. The minimum atomic E-state index is -0.295. The first-order chi connectivity index (χ1) is 19.0. The molecule has 1 N–H and O–H groups in total. The topological polar surface area (TPSA) is 41.6 Å². The van der Waals surface area contributed by atoms with E-state index in [1.54, 1.807) is 0 Å². The third-order valence-electron chi connectivity index (χ3n) is 7.55. The summed E-state index contributed by atoms with van der Waals surface area (Å²) in [5, 5.41) is 3.66. The van der Waals surface area contributed by atoms with Gasteiger partial charge in [-0.25, -0.2) is 4.79 Å². The molecule has 4 heteroatoms. The number of esters is 1. The van der Waals surface area contributed by atoms with Crippen LogP contribution in [-0.4, -0.2) is 18.0 Å². The van der Waals surface area contributed by atoms with Gasteiger partial charge in [-0.1, -0.05) is 120 Å². The third-order valence-corrected chi connectivity index (χ3v) is 7.55. The molecule has 0 amide bonds. The van der Waals surface area contributed by atoms with E-state index >= 15 is 0 Å². The van der Waals surface area contributed by atoms with Crippen molar-refractivity contribution < 1.29 is 9.53 Å². The largest absolute Gasteiger partial charge is 0.466 e. The van der Waals surface area contributed by atoms with Crippen molar-refractivity contribution in [1.82, 2.24) is 10.2 Å². The molecule has 0 bridgehead atoms. The maximum absolute atomic E-state index is 13.6. The monoisotopic (exact) mass is 516 g/mol. The molecule has 4 aromatic rings. The average Bonchev–Trinajstić information content (AvgIpc) is 2.98. The Hall–Kier alpha value is -4.15. The molecule has 2 atom stereocenters. The smallest absolute Gasteiger partial charge is 0.337 e. The zero-order valence-electron chi connectivity index (χ0n) is 22.9. The summed E-state index contributed by atoms with van der Waals surface area (Å²) in [6.07, 6.45) is 0.676. The number of hydrogen-bond acceptors (Lipinski definition) is 4. The van der Waals surface area contributed by atoms with Gasteiger partial charge in [0, 0.05) is 31.2 Å². The van der Waals surface area contributed by atoms with Crippen LogP contribution in [0.3, 0.4) is 0 Å². The Kier molecular flexibility index (Phi) is 8.24. The lowest BCUT2D eigenvalue weighted by molar-refractivity contribution is -0.137. The molecule has 5 rings (SSSR count). The second-order valence-electron chi connectivity index (χ2n) is 10.3. The summed E-state index contributed by atoms with van der Waals surface area (Å²) >= 11 is 0. The molecule has 0 spiro atoms. The summed E-state index contributed by atoms with van der Waals surface area (Å²) in [6, 6.07) is 37.9. The first kappa shape index (κ1) is 26.5. The summed E-state index contributed by atoms with van der Waals surface area (Å²) in [5.41, 5.74) is 8.71. The van der Waals surface area contributed by atoms with Gasteiger partial charge in [-0.2, -0.15) is 0 Å². The number of carbonyl (C=O) groups is 1. The lowest BCUT2D eigenvalue weighted by atomic mass is 9.84. The van der Waals surface area contributed by atoms with Crippen LogP contribution in [0.15, 0.2) is 120 Å². The highest BCUT2D eigenvalue weighted by Gasteiger charge is 2.41. The second-order valence-corrected chi connectivity index (χ2v) is 10.3. The van der Waals surface area contributed by atoms with E-state index in [9.17, 15) is 4.79 Å². The molecule has 0 fully saturated rings. The second kappa shape index (κ2) is 12.1. The summed E-state index contributed by atoms with van der Waals surface area (Å²) in [6.45, 7) is 5.54. The molecule has 0 radical (unpaired) electrons. The molecule has 1 aliphatic rings. The number of methoxy groups -OCH3 is 1. The maximum Gasteiger partial charge on any atom is 0.337 e. The Morgan fingerprint density at radius 2 is 1.31 bits per heavy atom. The van der Waals surface area contributed by atoms with Gasteiger partial charge in [0.1, 0.15) is 0 Å². The molecule has 4 aromatic carbocycles. The van der Waals surface area contributed by atoms with Crippen LogP contribution in [0.25, 0.3) is 0 Å². The molecule has 1 heterocycles.